The Morgan fingerprint density at radius 3 is 2.75 bits per heavy atom. The summed E-state index contributed by atoms with van der Waals surface area (Å²) in [5, 5.41) is 2.81. The Hall–Kier alpha value is -1.85. The van der Waals surface area contributed by atoms with Crippen molar-refractivity contribution in [2.75, 3.05) is 12.4 Å². The molecule has 0 fully saturated rings. The summed E-state index contributed by atoms with van der Waals surface area (Å²) in [6.07, 6.45) is 1.27. The molecule has 0 aliphatic heterocycles. The normalized spacial score (nSPS) is 10.2. The Morgan fingerprint density at radius 2 is 2.10 bits per heavy atom. The van der Waals surface area contributed by atoms with E-state index in [0.717, 1.165) is 6.07 Å². The monoisotopic (exact) mass is 314 g/mol. The number of hydrogen-bond donors (Lipinski definition) is 1. The minimum absolute atomic E-state index is 0.0907. The van der Waals surface area contributed by atoms with Crippen molar-refractivity contribution in [1.82, 2.24) is 4.98 Å². The molecule has 2 rings (SSSR count). The zero-order valence-corrected chi connectivity index (χ0v) is 11.8. The summed E-state index contributed by atoms with van der Waals surface area (Å²) in [7, 11) is 1.36. The molecule has 20 heavy (non-hydrogen) atoms. The zero-order valence-electron chi connectivity index (χ0n) is 10.3. The van der Waals surface area contributed by atoms with Gasteiger partial charge in [0.05, 0.1) is 17.7 Å². The third-order valence-electron chi connectivity index (χ3n) is 2.48. The van der Waals surface area contributed by atoms with Crippen molar-refractivity contribution in [2.45, 2.75) is 0 Å². The number of benzene rings is 1. The first-order valence-corrected chi connectivity index (χ1v) is 6.23. The highest BCUT2D eigenvalue weighted by Gasteiger charge is 2.13. The molecule has 0 spiro atoms. The van der Waals surface area contributed by atoms with E-state index in [1.807, 2.05) is 0 Å². The minimum Gasteiger partial charge on any atom is -0.494 e. The number of ether oxygens (including phenoxy) is 1. The molecule has 0 unspecified atom stereocenters. The molecule has 0 aliphatic carbocycles. The van der Waals surface area contributed by atoms with Crippen LogP contribution >= 0.6 is 23.2 Å². The average molecular weight is 315 g/mol. The van der Waals surface area contributed by atoms with Crippen LogP contribution in [0.4, 0.5) is 10.1 Å². The third kappa shape index (κ3) is 3.18. The van der Waals surface area contributed by atoms with Gasteiger partial charge in [-0.1, -0.05) is 23.2 Å². The van der Waals surface area contributed by atoms with Gasteiger partial charge in [-0.2, -0.15) is 0 Å². The summed E-state index contributed by atoms with van der Waals surface area (Å²) in [5.74, 6) is -0.999. The Bertz CT molecular complexity index is 665. The molecule has 0 atom stereocenters. The van der Waals surface area contributed by atoms with Gasteiger partial charge in [-0.15, -0.1) is 0 Å². The Morgan fingerprint density at radius 1 is 1.35 bits per heavy atom. The average Bonchev–Trinajstić information content (AvgIpc) is 2.41. The standard InChI is InChI=1S/C13H9Cl2FN2O2/c1-20-11-3-2-7(4-10(11)16)18-13(19)8-5-12(15)17-6-9(8)14/h2-6H,1H3,(H,18,19). The largest absolute Gasteiger partial charge is 0.494 e. The van der Waals surface area contributed by atoms with E-state index in [4.69, 9.17) is 27.9 Å². The first kappa shape index (κ1) is 14.6. The maximum Gasteiger partial charge on any atom is 0.257 e. The van der Waals surface area contributed by atoms with Crippen LogP contribution in [0.3, 0.4) is 0 Å². The van der Waals surface area contributed by atoms with Crippen molar-refractivity contribution in [1.29, 1.82) is 0 Å². The van der Waals surface area contributed by atoms with Crippen LogP contribution < -0.4 is 10.1 Å². The van der Waals surface area contributed by atoms with Gasteiger partial charge in [-0.05, 0) is 18.2 Å². The molecular formula is C13H9Cl2FN2O2. The number of methoxy groups -OCH3 is 1. The SMILES string of the molecule is COc1ccc(NC(=O)c2cc(Cl)ncc2Cl)cc1F. The number of anilines is 1. The number of nitrogens with one attached hydrogen (secondary N) is 1. The van der Waals surface area contributed by atoms with E-state index in [2.05, 4.69) is 10.3 Å². The van der Waals surface area contributed by atoms with Crippen LogP contribution in [0.15, 0.2) is 30.5 Å². The first-order chi connectivity index (χ1) is 9.51. The number of carbonyl (C=O) groups is 1. The lowest BCUT2D eigenvalue weighted by Crippen LogP contribution is -2.13. The summed E-state index contributed by atoms with van der Waals surface area (Å²) >= 11 is 11.6. The number of halogens is 3. The van der Waals surface area contributed by atoms with Gasteiger partial charge in [0.2, 0.25) is 0 Å². The van der Waals surface area contributed by atoms with Crippen LogP contribution in [0.1, 0.15) is 10.4 Å². The molecule has 1 aromatic heterocycles. The summed E-state index contributed by atoms with van der Waals surface area (Å²) < 4.78 is 18.3. The maximum absolute atomic E-state index is 13.5. The Kier molecular flexibility index (Phi) is 4.42. The Labute approximate surface area is 124 Å². The summed E-state index contributed by atoms with van der Waals surface area (Å²) in [6, 6.07) is 5.40. The molecule has 2 aromatic rings. The van der Waals surface area contributed by atoms with Crippen molar-refractivity contribution in [3.8, 4) is 5.75 Å². The molecule has 0 radical (unpaired) electrons. The number of amides is 1. The second kappa shape index (κ2) is 6.07. The lowest BCUT2D eigenvalue weighted by molar-refractivity contribution is 0.102. The predicted octanol–water partition coefficient (Wildman–Crippen LogP) is 3.79. The maximum atomic E-state index is 13.5. The van der Waals surface area contributed by atoms with Crippen molar-refractivity contribution < 1.29 is 13.9 Å². The third-order valence-corrected chi connectivity index (χ3v) is 2.98. The molecule has 7 heteroatoms. The number of aromatic nitrogens is 1. The van der Waals surface area contributed by atoms with Crippen LogP contribution in [-0.4, -0.2) is 18.0 Å². The molecule has 1 aromatic carbocycles. The van der Waals surface area contributed by atoms with Gasteiger partial charge >= 0.3 is 0 Å². The van der Waals surface area contributed by atoms with E-state index in [9.17, 15) is 9.18 Å². The van der Waals surface area contributed by atoms with Gasteiger partial charge in [0.25, 0.3) is 5.91 Å². The molecule has 4 nitrogen and oxygen atoms in total. The molecule has 0 saturated heterocycles. The molecule has 0 aliphatic rings. The van der Waals surface area contributed by atoms with Crippen molar-refractivity contribution in [3.05, 3.63) is 52.0 Å². The van der Waals surface area contributed by atoms with Gasteiger partial charge in [0.15, 0.2) is 11.6 Å². The predicted molar refractivity (Wildman–Crippen MR) is 75.2 cm³/mol. The number of carbonyl (C=O) groups excluding carboxylic acids is 1. The fraction of sp³-hybridized carbons (Fsp3) is 0.0769. The molecule has 0 bridgehead atoms. The van der Waals surface area contributed by atoms with E-state index < -0.39 is 11.7 Å². The lowest BCUT2D eigenvalue weighted by Gasteiger charge is -2.08. The van der Waals surface area contributed by atoms with Gasteiger partial charge < -0.3 is 10.1 Å². The van der Waals surface area contributed by atoms with Crippen molar-refractivity contribution >= 4 is 34.8 Å². The molecule has 1 N–H and O–H groups in total. The van der Waals surface area contributed by atoms with E-state index in [1.54, 1.807) is 0 Å². The fourth-order valence-electron chi connectivity index (χ4n) is 1.53. The summed E-state index contributed by atoms with van der Waals surface area (Å²) in [4.78, 5) is 15.8. The summed E-state index contributed by atoms with van der Waals surface area (Å²) in [5.41, 5.74) is 0.431. The van der Waals surface area contributed by atoms with Crippen molar-refractivity contribution in [3.63, 3.8) is 0 Å². The van der Waals surface area contributed by atoms with E-state index in [0.29, 0.717) is 0 Å². The second-order valence-corrected chi connectivity index (χ2v) is 4.58. The number of rotatable bonds is 3. The fourth-order valence-corrected chi connectivity index (χ4v) is 1.88. The van der Waals surface area contributed by atoms with E-state index in [-0.39, 0.29) is 27.2 Å². The van der Waals surface area contributed by atoms with Crippen molar-refractivity contribution in [2.24, 2.45) is 0 Å². The van der Waals surface area contributed by atoms with Crippen LogP contribution in [0.2, 0.25) is 10.2 Å². The van der Waals surface area contributed by atoms with Gasteiger partial charge in [-0.25, -0.2) is 9.37 Å². The molecule has 104 valence electrons. The second-order valence-electron chi connectivity index (χ2n) is 3.79. The van der Waals surface area contributed by atoms with Crippen LogP contribution in [0, 0.1) is 5.82 Å². The van der Waals surface area contributed by atoms with Crippen LogP contribution in [0.25, 0.3) is 0 Å². The molecular weight excluding hydrogens is 306 g/mol. The highest BCUT2D eigenvalue weighted by Crippen LogP contribution is 2.23. The zero-order chi connectivity index (χ0) is 14.7. The van der Waals surface area contributed by atoms with Gasteiger partial charge in [0.1, 0.15) is 5.15 Å². The highest BCUT2D eigenvalue weighted by atomic mass is 35.5. The highest BCUT2D eigenvalue weighted by molar-refractivity contribution is 6.35. The molecule has 1 heterocycles. The topological polar surface area (TPSA) is 51.2 Å². The van der Waals surface area contributed by atoms with E-state index in [1.165, 1.54) is 31.5 Å². The molecule has 0 saturated carbocycles. The van der Waals surface area contributed by atoms with Gasteiger partial charge in [-0.3, -0.25) is 4.79 Å². The smallest absolute Gasteiger partial charge is 0.257 e. The quantitative estimate of drug-likeness (QED) is 0.877. The molecule has 1 amide bonds. The Balaban J connectivity index is 2.23. The summed E-state index contributed by atoms with van der Waals surface area (Å²) in [6.45, 7) is 0. The minimum atomic E-state index is -0.579. The lowest BCUT2D eigenvalue weighted by atomic mass is 10.2. The van der Waals surface area contributed by atoms with Crippen LogP contribution in [0.5, 0.6) is 5.75 Å². The number of hydrogen-bond acceptors (Lipinski definition) is 3. The van der Waals surface area contributed by atoms with Gasteiger partial charge in [0, 0.05) is 18.0 Å². The van der Waals surface area contributed by atoms with E-state index >= 15 is 0 Å². The van der Waals surface area contributed by atoms with Crippen LogP contribution in [-0.2, 0) is 0 Å². The first-order valence-electron chi connectivity index (χ1n) is 5.47. The number of nitrogens with zero attached hydrogens (tertiary/aromatic N) is 1. The number of pyridine rings is 1.